The van der Waals surface area contributed by atoms with Crippen molar-refractivity contribution in [3.63, 3.8) is 0 Å². The second-order valence-corrected chi connectivity index (χ2v) is 4.05. The first-order valence-electron chi connectivity index (χ1n) is 5.25. The fourth-order valence-corrected chi connectivity index (χ4v) is 2.15. The maximum absolute atomic E-state index is 4.22. The Kier molecular flexibility index (Phi) is 1.92. The second kappa shape index (κ2) is 3.27. The van der Waals surface area contributed by atoms with Crippen LogP contribution in [-0.2, 0) is 0 Å². The van der Waals surface area contributed by atoms with Gasteiger partial charge < -0.3 is 5.32 Å². The Balaban J connectivity index is 2.10. The molecule has 5 heteroatoms. The molecule has 5 nitrogen and oxygen atoms in total. The molecule has 3 heterocycles. The van der Waals surface area contributed by atoms with E-state index < -0.39 is 0 Å². The van der Waals surface area contributed by atoms with Gasteiger partial charge in [0.05, 0.1) is 6.04 Å². The third kappa shape index (κ3) is 1.31. The van der Waals surface area contributed by atoms with Crippen LogP contribution in [0.25, 0.3) is 5.78 Å². The van der Waals surface area contributed by atoms with Gasteiger partial charge >= 0.3 is 0 Å². The van der Waals surface area contributed by atoms with Crippen LogP contribution >= 0.6 is 0 Å². The lowest BCUT2D eigenvalue weighted by Crippen LogP contribution is -2.19. The van der Waals surface area contributed by atoms with Crippen molar-refractivity contribution in [3.8, 4) is 0 Å². The normalized spacial score (nSPS) is 26.2. The lowest BCUT2D eigenvalue weighted by atomic mass is 10.0. The average Bonchev–Trinajstić information content (AvgIpc) is 2.83. The number of hydrogen-bond acceptors (Lipinski definition) is 4. The molecule has 1 aliphatic heterocycles. The smallest absolute Gasteiger partial charge is 0.254 e. The summed E-state index contributed by atoms with van der Waals surface area (Å²) < 4.78 is 1.96. The van der Waals surface area contributed by atoms with Gasteiger partial charge in [-0.2, -0.15) is 0 Å². The zero-order valence-electron chi connectivity index (χ0n) is 8.59. The molecular formula is C10H13N5. The molecule has 2 aromatic heterocycles. The summed E-state index contributed by atoms with van der Waals surface area (Å²) in [5.74, 6) is 2.26. The van der Waals surface area contributed by atoms with E-state index in [9.17, 15) is 0 Å². The molecule has 0 bridgehead atoms. The Morgan fingerprint density at radius 1 is 1.47 bits per heavy atom. The van der Waals surface area contributed by atoms with Crippen LogP contribution in [0.15, 0.2) is 18.5 Å². The van der Waals surface area contributed by atoms with Crippen LogP contribution in [-0.4, -0.2) is 26.1 Å². The SMILES string of the molecule is CC1CCNC1c1nnc2ncccn12. The Morgan fingerprint density at radius 2 is 2.40 bits per heavy atom. The predicted molar refractivity (Wildman–Crippen MR) is 55.3 cm³/mol. The first-order chi connectivity index (χ1) is 7.36. The Bertz CT molecular complexity index is 477. The van der Waals surface area contributed by atoms with Crippen LogP contribution in [0.2, 0.25) is 0 Å². The highest BCUT2D eigenvalue weighted by molar-refractivity contribution is 5.27. The van der Waals surface area contributed by atoms with E-state index in [1.165, 1.54) is 6.42 Å². The molecule has 15 heavy (non-hydrogen) atoms. The number of fused-ring (bicyclic) bond motifs is 1. The highest BCUT2D eigenvalue weighted by Crippen LogP contribution is 2.27. The third-order valence-electron chi connectivity index (χ3n) is 3.03. The largest absolute Gasteiger partial charge is 0.307 e. The number of nitrogens with zero attached hydrogens (tertiary/aromatic N) is 4. The number of aromatic nitrogens is 4. The van der Waals surface area contributed by atoms with Gasteiger partial charge in [-0.1, -0.05) is 6.92 Å². The van der Waals surface area contributed by atoms with Crippen molar-refractivity contribution in [3.05, 3.63) is 24.3 Å². The summed E-state index contributed by atoms with van der Waals surface area (Å²) in [6.07, 6.45) is 4.89. The minimum atomic E-state index is 0.309. The van der Waals surface area contributed by atoms with Crippen LogP contribution in [0.1, 0.15) is 25.2 Å². The average molecular weight is 203 g/mol. The Labute approximate surface area is 87.5 Å². The zero-order valence-corrected chi connectivity index (χ0v) is 8.59. The lowest BCUT2D eigenvalue weighted by Gasteiger charge is -2.12. The topological polar surface area (TPSA) is 55.1 Å². The summed E-state index contributed by atoms with van der Waals surface area (Å²) in [7, 11) is 0. The van der Waals surface area contributed by atoms with Gasteiger partial charge in [0.2, 0.25) is 0 Å². The van der Waals surface area contributed by atoms with Crippen molar-refractivity contribution in [2.24, 2.45) is 5.92 Å². The number of hydrogen-bond donors (Lipinski definition) is 1. The molecule has 1 saturated heterocycles. The summed E-state index contributed by atoms with van der Waals surface area (Å²) in [4.78, 5) is 4.16. The van der Waals surface area contributed by atoms with Gasteiger partial charge in [0.15, 0.2) is 5.82 Å². The molecule has 1 aliphatic rings. The van der Waals surface area contributed by atoms with E-state index in [1.54, 1.807) is 6.20 Å². The van der Waals surface area contributed by atoms with Gasteiger partial charge in [0.25, 0.3) is 5.78 Å². The molecule has 3 rings (SSSR count). The van der Waals surface area contributed by atoms with E-state index in [1.807, 2.05) is 16.7 Å². The quantitative estimate of drug-likeness (QED) is 0.744. The van der Waals surface area contributed by atoms with E-state index in [-0.39, 0.29) is 0 Å². The second-order valence-electron chi connectivity index (χ2n) is 4.05. The summed E-state index contributed by atoms with van der Waals surface area (Å²) in [6.45, 7) is 3.29. The van der Waals surface area contributed by atoms with Crippen molar-refractivity contribution >= 4 is 5.78 Å². The lowest BCUT2D eigenvalue weighted by molar-refractivity contribution is 0.475. The maximum Gasteiger partial charge on any atom is 0.254 e. The van der Waals surface area contributed by atoms with Gasteiger partial charge in [-0.25, -0.2) is 4.98 Å². The van der Waals surface area contributed by atoms with Crippen molar-refractivity contribution < 1.29 is 0 Å². The summed E-state index contributed by atoms with van der Waals surface area (Å²) >= 11 is 0. The molecule has 0 saturated carbocycles. The molecule has 0 aliphatic carbocycles. The van der Waals surface area contributed by atoms with Crippen LogP contribution < -0.4 is 5.32 Å². The molecule has 78 valence electrons. The number of nitrogens with one attached hydrogen (secondary N) is 1. The summed E-state index contributed by atoms with van der Waals surface area (Å²) in [6, 6.07) is 2.21. The maximum atomic E-state index is 4.22. The Hall–Kier alpha value is -1.49. The van der Waals surface area contributed by atoms with Crippen LogP contribution in [0.5, 0.6) is 0 Å². The minimum Gasteiger partial charge on any atom is -0.307 e. The molecule has 2 unspecified atom stereocenters. The molecular weight excluding hydrogens is 190 g/mol. The number of rotatable bonds is 1. The Morgan fingerprint density at radius 3 is 3.20 bits per heavy atom. The van der Waals surface area contributed by atoms with Crippen LogP contribution in [0.3, 0.4) is 0 Å². The highest BCUT2D eigenvalue weighted by atomic mass is 15.3. The fraction of sp³-hybridized carbons (Fsp3) is 0.500. The van der Waals surface area contributed by atoms with Crippen molar-refractivity contribution in [2.75, 3.05) is 6.54 Å². The van der Waals surface area contributed by atoms with Crippen molar-refractivity contribution in [1.29, 1.82) is 0 Å². The molecule has 2 aromatic rings. The molecule has 2 atom stereocenters. The highest BCUT2D eigenvalue weighted by Gasteiger charge is 2.28. The molecule has 0 amide bonds. The minimum absolute atomic E-state index is 0.309. The van der Waals surface area contributed by atoms with E-state index in [0.717, 1.165) is 12.4 Å². The fourth-order valence-electron chi connectivity index (χ4n) is 2.15. The van der Waals surface area contributed by atoms with E-state index in [2.05, 4.69) is 27.4 Å². The predicted octanol–water partition coefficient (Wildman–Crippen LogP) is 0.795. The van der Waals surface area contributed by atoms with E-state index >= 15 is 0 Å². The molecule has 1 N–H and O–H groups in total. The van der Waals surface area contributed by atoms with Gasteiger partial charge in [0.1, 0.15) is 0 Å². The molecule has 1 fully saturated rings. The molecule has 0 spiro atoms. The van der Waals surface area contributed by atoms with Crippen LogP contribution in [0.4, 0.5) is 0 Å². The monoisotopic (exact) mass is 203 g/mol. The van der Waals surface area contributed by atoms with Crippen LogP contribution in [0, 0.1) is 5.92 Å². The van der Waals surface area contributed by atoms with Gasteiger partial charge in [-0.15, -0.1) is 10.2 Å². The van der Waals surface area contributed by atoms with Gasteiger partial charge in [-0.05, 0) is 24.9 Å². The van der Waals surface area contributed by atoms with Crippen molar-refractivity contribution in [2.45, 2.75) is 19.4 Å². The standard InChI is InChI=1S/C10H13N5/c1-7-3-5-11-8(7)9-13-14-10-12-4-2-6-15(9)10/h2,4,6-8,11H,3,5H2,1H3. The van der Waals surface area contributed by atoms with E-state index in [0.29, 0.717) is 17.7 Å². The zero-order chi connectivity index (χ0) is 10.3. The van der Waals surface area contributed by atoms with Gasteiger partial charge in [0, 0.05) is 12.4 Å². The van der Waals surface area contributed by atoms with Gasteiger partial charge in [-0.3, -0.25) is 4.40 Å². The third-order valence-corrected chi connectivity index (χ3v) is 3.03. The van der Waals surface area contributed by atoms with E-state index in [4.69, 9.17) is 0 Å². The first kappa shape index (κ1) is 8.79. The van der Waals surface area contributed by atoms with Crippen molar-refractivity contribution in [1.82, 2.24) is 24.9 Å². The summed E-state index contributed by atoms with van der Waals surface area (Å²) in [5.41, 5.74) is 0. The molecule has 0 radical (unpaired) electrons. The summed E-state index contributed by atoms with van der Waals surface area (Å²) in [5, 5.41) is 11.7. The molecule has 0 aromatic carbocycles. The first-order valence-corrected chi connectivity index (χ1v) is 5.25.